The molecular formula is C19H16FN3O3S3. The summed E-state index contributed by atoms with van der Waals surface area (Å²) >= 11 is 8.04. The van der Waals surface area contributed by atoms with E-state index >= 15 is 0 Å². The number of carbonyl (C=O) groups excluding carboxylic acids is 3. The lowest BCUT2D eigenvalue weighted by Gasteiger charge is -2.14. The summed E-state index contributed by atoms with van der Waals surface area (Å²) < 4.78 is 13.3. The van der Waals surface area contributed by atoms with Gasteiger partial charge in [0.2, 0.25) is 5.91 Å². The number of thiocarbonyl (C=S) groups is 1. The number of amides is 3. The molecule has 0 aliphatic carbocycles. The molecule has 0 spiro atoms. The number of thioether (sulfide) groups is 1. The van der Waals surface area contributed by atoms with E-state index in [2.05, 4.69) is 10.9 Å². The first-order chi connectivity index (χ1) is 13.9. The van der Waals surface area contributed by atoms with Crippen LogP contribution in [0.15, 0.2) is 46.7 Å². The third kappa shape index (κ3) is 5.72. The lowest BCUT2D eigenvalue weighted by molar-refractivity contribution is -0.124. The molecule has 2 heterocycles. The molecule has 0 unspecified atom stereocenters. The fourth-order valence-electron chi connectivity index (χ4n) is 2.46. The van der Waals surface area contributed by atoms with Gasteiger partial charge in [-0.05, 0) is 48.2 Å². The van der Waals surface area contributed by atoms with Crippen LogP contribution in [0.4, 0.5) is 4.39 Å². The van der Waals surface area contributed by atoms with Gasteiger partial charge >= 0.3 is 0 Å². The van der Waals surface area contributed by atoms with E-state index in [0.29, 0.717) is 22.2 Å². The molecule has 1 fully saturated rings. The normalized spacial score (nSPS) is 15.1. The molecule has 3 amide bonds. The number of rotatable bonds is 6. The Labute approximate surface area is 180 Å². The number of carbonyl (C=O) groups is 3. The summed E-state index contributed by atoms with van der Waals surface area (Å²) in [5.74, 6) is -1.57. The standard InChI is InChI=1S/C19H16FN3O3S3/c20-13-7-5-12(6-8-13)17(25)22-21-16(24)4-1-9-23-18(26)15(29-19(23)27)11-14-3-2-10-28-14/h2-3,5-8,10-11H,1,4,9H2,(H,21,24)(H,22,25)/b15-11+. The minimum absolute atomic E-state index is 0.102. The number of hydrogen-bond donors (Lipinski definition) is 2. The van der Waals surface area contributed by atoms with Crippen LogP contribution in [0, 0.1) is 5.82 Å². The van der Waals surface area contributed by atoms with Gasteiger partial charge in [0, 0.05) is 23.4 Å². The van der Waals surface area contributed by atoms with Crippen LogP contribution < -0.4 is 10.9 Å². The molecule has 0 saturated carbocycles. The number of benzene rings is 1. The molecular weight excluding hydrogens is 433 g/mol. The lowest BCUT2D eigenvalue weighted by Crippen LogP contribution is -2.41. The Hall–Kier alpha value is -2.56. The quantitative estimate of drug-likeness (QED) is 0.402. The fraction of sp³-hybridized carbons (Fsp3) is 0.158. The molecule has 150 valence electrons. The zero-order chi connectivity index (χ0) is 20.8. The van der Waals surface area contributed by atoms with Crippen LogP contribution in [0.2, 0.25) is 0 Å². The summed E-state index contributed by atoms with van der Waals surface area (Å²) in [4.78, 5) is 39.3. The maximum Gasteiger partial charge on any atom is 0.269 e. The first-order valence-corrected chi connectivity index (χ1v) is 10.7. The van der Waals surface area contributed by atoms with Crippen molar-refractivity contribution < 1.29 is 18.8 Å². The van der Waals surface area contributed by atoms with Crippen LogP contribution in [0.25, 0.3) is 6.08 Å². The molecule has 10 heteroatoms. The van der Waals surface area contributed by atoms with Crippen molar-refractivity contribution in [1.29, 1.82) is 0 Å². The van der Waals surface area contributed by atoms with E-state index in [9.17, 15) is 18.8 Å². The van der Waals surface area contributed by atoms with Crippen molar-refractivity contribution in [3.63, 3.8) is 0 Å². The van der Waals surface area contributed by atoms with Crippen LogP contribution >= 0.6 is 35.3 Å². The summed E-state index contributed by atoms with van der Waals surface area (Å²) in [6.07, 6.45) is 2.30. The molecule has 2 N–H and O–H groups in total. The summed E-state index contributed by atoms with van der Waals surface area (Å²) in [7, 11) is 0. The third-order valence-electron chi connectivity index (χ3n) is 3.90. The predicted molar refractivity (Wildman–Crippen MR) is 115 cm³/mol. The molecule has 1 saturated heterocycles. The van der Waals surface area contributed by atoms with Gasteiger partial charge in [-0.2, -0.15) is 0 Å². The highest BCUT2D eigenvalue weighted by Crippen LogP contribution is 2.33. The minimum Gasteiger partial charge on any atom is -0.293 e. The van der Waals surface area contributed by atoms with Gasteiger partial charge in [0.15, 0.2) is 0 Å². The van der Waals surface area contributed by atoms with Crippen LogP contribution in [0.1, 0.15) is 28.1 Å². The van der Waals surface area contributed by atoms with E-state index in [1.807, 2.05) is 23.6 Å². The van der Waals surface area contributed by atoms with Gasteiger partial charge in [-0.25, -0.2) is 4.39 Å². The zero-order valence-electron chi connectivity index (χ0n) is 15.0. The van der Waals surface area contributed by atoms with E-state index in [0.717, 1.165) is 17.0 Å². The Morgan fingerprint density at radius 1 is 1.17 bits per heavy atom. The second-order valence-corrected chi connectivity index (χ2v) is 8.62. The van der Waals surface area contributed by atoms with Crippen molar-refractivity contribution in [3.05, 3.63) is 62.9 Å². The summed E-state index contributed by atoms with van der Waals surface area (Å²) in [6, 6.07) is 8.77. The SMILES string of the molecule is O=C(CCCN1C(=O)/C(=C\c2cccs2)SC1=S)NNC(=O)c1ccc(F)cc1. The number of hydrazine groups is 1. The second kappa shape index (κ2) is 9.77. The van der Waals surface area contributed by atoms with Crippen LogP contribution in [-0.2, 0) is 9.59 Å². The number of nitrogens with one attached hydrogen (secondary N) is 2. The van der Waals surface area contributed by atoms with Crippen molar-refractivity contribution in [1.82, 2.24) is 15.8 Å². The van der Waals surface area contributed by atoms with Crippen molar-refractivity contribution in [2.24, 2.45) is 0 Å². The maximum absolute atomic E-state index is 12.9. The average Bonchev–Trinajstić information content (AvgIpc) is 3.30. The average molecular weight is 450 g/mol. The van der Waals surface area contributed by atoms with Crippen LogP contribution in [0.3, 0.4) is 0 Å². The fourth-order valence-corrected chi connectivity index (χ4v) is 4.49. The summed E-state index contributed by atoms with van der Waals surface area (Å²) in [6.45, 7) is 0.311. The first kappa shape index (κ1) is 21.2. The maximum atomic E-state index is 12.9. The molecule has 3 rings (SSSR count). The number of nitrogens with zero attached hydrogens (tertiary/aromatic N) is 1. The minimum atomic E-state index is -0.547. The van der Waals surface area contributed by atoms with Gasteiger partial charge in [0.1, 0.15) is 10.1 Å². The van der Waals surface area contributed by atoms with Crippen molar-refractivity contribution in [2.75, 3.05) is 6.54 Å². The van der Waals surface area contributed by atoms with E-state index in [4.69, 9.17) is 12.2 Å². The van der Waals surface area contributed by atoms with Crippen molar-refractivity contribution in [3.8, 4) is 0 Å². The second-order valence-electron chi connectivity index (χ2n) is 5.96. The van der Waals surface area contributed by atoms with Crippen molar-refractivity contribution >= 4 is 63.4 Å². The van der Waals surface area contributed by atoms with E-state index in [1.54, 1.807) is 0 Å². The largest absolute Gasteiger partial charge is 0.293 e. The summed E-state index contributed by atoms with van der Waals surface area (Å²) in [5, 5.41) is 1.93. The first-order valence-electron chi connectivity index (χ1n) is 8.57. The molecule has 1 aromatic heterocycles. The molecule has 29 heavy (non-hydrogen) atoms. The molecule has 0 bridgehead atoms. The highest BCUT2D eigenvalue weighted by molar-refractivity contribution is 8.26. The van der Waals surface area contributed by atoms with Gasteiger partial charge in [0.05, 0.1) is 4.91 Å². The Kier molecular flexibility index (Phi) is 7.13. The molecule has 1 aromatic carbocycles. The van der Waals surface area contributed by atoms with Crippen LogP contribution in [-0.4, -0.2) is 33.5 Å². The Bertz CT molecular complexity index is 959. The number of halogens is 1. The molecule has 2 aromatic rings. The van der Waals surface area contributed by atoms with Crippen molar-refractivity contribution in [2.45, 2.75) is 12.8 Å². The molecule has 1 aliphatic rings. The van der Waals surface area contributed by atoms with E-state index in [-0.39, 0.29) is 17.9 Å². The Morgan fingerprint density at radius 3 is 2.62 bits per heavy atom. The predicted octanol–water partition coefficient (Wildman–Crippen LogP) is 3.33. The highest BCUT2D eigenvalue weighted by Gasteiger charge is 2.31. The Balaban J connectivity index is 1.43. The topological polar surface area (TPSA) is 78.5 Å². The molecule has 0 radical (unpaired) electrons. The zero-order valence-corrected chi connectivity index (χ0v) is 17.5. The highest BCUT2D eigenvalue weighted by atomic mass is 32.2. The van der Waals surface area contributed by atoms with Gasteiger partial charge in [-0.1, -0.05) is 30.0 Å². The van der Waals surface area contributed by atoms with Crippen LogP contribution in [0.5, 0.6) is 0 Å². The van der Waals surface area contributed by atoms with E-state index < -0.39 is 17.6 Å². The monoisotopic (exact) mass is 449 g/mol. The third-order valence-corrected chi connectivity index (χ3v) is 6.09. The number of hydrogen-bond acceptors (Lipinski definition) is 6. The van der Waals surface area contributed by atoms with Gasteiger partial charge < -0.3 is 0 Å². The van der Waals surface area contributed by atoms with Gasteiger partial charge in [-0.3, -0.25) is 30.1 Å². The molecule has 0 atom stereocenters. The van der Waals surface area contributed by atoms with Gasteiger partial charge in [0.25, 0.3) is 11.8 Å². The van der Waals surface area contributed by atoms with Gasteiger partial charge in [-0.15, -0.1) is 11.3 Å². The summed E-state index contributed by atoms with van der Waals surface area (Å²) in [5.41, 5.74) is 4.79. The Morgan fingerprint density at radius 2 is 1.93 bits per heavy atom. The lowest BCUT2D eigenvalue weighted by atomic mass is 10.2. The number of thiophene rings is 1. The molecule has 6 nitrogen and oxygen atoms in total. The smallest absolute Gasteiger partial charge is 0.269 e. The molecule has 1 aliphatic heterocycles. The van der Waals surface area contributed by atoms with E-state index in [1.165, 1.54) is 40.1 Å².